The van der Waals surface area contributed by atoms with Gasteiger partial charge in [-0.3, -0.25) is 9.59 Å². The quantitative estimate of drug-likeness (QED) is 0.240. The molecule has 0 aliphatic carbocycles. The van der Waals surface area contributed by atoms with Crippen molar-refractivity contribution in [1.29, 1.82) is 0 Å². The van der Waals surface area contributed by atoms with E-state index in [9.17, 15) is 9.59 Å². The third kappa shape index (κ3) is 5.90. The van der Waals surface area contributed by atoms with Crippen molar-refractivity contribution in [3.05, 3.63) is 61.2 Å². The lowest BCUT2D eigenvalue weighted by Crippen LogP contribution is -2.47. The van der Waals surface area contributed by atoms with Gasteiger partial charge in [0.15, 0.2) is 5.11 Å². The van der Waals surface area contributed by atoms with Gasteiger partial charge in [-0.2, -0.15) is 0 Å². The summed E-state index contributed by atoms with van der Waals surface area (Å²) in [6, 6.07) is 13.6. The number of hydrogen-bond donors (Lipinski definition) is 1. The Morgan fingerprint density at radius 1 is 1.18 bits per heavy atom. The minimum Gasteiger partial charge on any atom is -0.497 e. The monoisotopic (exact) mass is 467 g/mol. The van der Waals surface area contributed by atoms with E-state index in [2.05, 4.69) is 18.8 Å². The summed E-state index contributed by atoms with van der Waals surface area (Å²) in [5.41, 5.74) is 1.27. The van der Waals surface area contributed by atoms with Gasteiger partial charge in [-0.15, -0.1) is 6.58 Å². The van der Waals surface area contributed by atoms with Crippen LogP contribution < -0.4 is 19.7 Å². The van der Waals surface area contributed by atoms with Crippen LogP contribution in [-0.2, 0) is 9.59 Å². The van der Waals surface area contributed by atoms with Gasteiger partial charge >= 0.3 is 0 Å². The second-order valence-corrected chi connectivity index (χ2v) is 7.97. The summed E-state index contributed by atoms with van der Waals surface area (Å²) in [6.07, 6.45) is 3.71. The normalized spacial score (nSPS) is 15.3. The highest BCUT2D eigenvalue weighted by Crippen LogP contribution is 2.28. The summed E-state index contributed by atoms with van der Waals surface area (Å²) in [5, 5.41) is 3.47. The second kappa shape index (κ2) is 11.5. The molecule has 174 valence electrons. The molecule has 7 nitrogen and oxygen atoms in total. The minimum absolute atomic E-state index is 0.0336. The lowest BCUT2D eigenvalue weighted by atomic mass is 10.2. The zero-order chi connectivity index (χ0) is 23.8. The third-order valence-electron chi connectivity index (χ3n) is 5.29. The number of methoxy groups -OCH3 is 1. The van der Waals surface area contributed by atoms with Crippen LogP contribution in [-0.4, -0.2) is 48.1 Å². The zero-order valence-corrected chi connectivity index (χ0v) is 19.8. The lowest BCUT2D eigenvalue weighted by Gasteiger charge is -2.29. The Hall–Kier alpha value is -3.39. The Morgan fingerprint density at radius 2 is 1.85 bits per heavy atom. The third-order valence-corrected chi connectivity index (χ3v) is 5.63. The molecule has 1 heterocycles. The van der Waals surface area contributed by atoms with Crippen molar-refractivity contribution in [3.63, 3.8) is 0 Å². The number of ether oxygens (including phenoxy) is 2. The Kier molecular flexibility index (Phi) is 8.43. The topological polar surface area (TPSA) is 71.1 Å². The number of nitrogens with zero attached hydrogens (tertiary/aromatic N) is 2. The van der Waals surface area contributed by atoms with Crippen molar-refractivity contribution in [1.82, 2.24) is 4.90 Å². The van der Waals surface area contributed by atoms with E-state index in [0.717, 1.165) is 24.3 Å². The smallest absolute Gasteiger partial charge is 0.257 e. The van der Waals surface area contributed by atoms with E-state index in [-0.39, 0.29) is 18.2 Å². The van der Waals surface area contributed by atoms with Crippen LogP contribution in [0.1, 0.15) is 26.2 Å². The number of hydrogen-bond acceptors (Lipinski definition) is 5. The van der Waals surface area contributed by atoms with Gasteiger partial charge in [-0.1, -0.05) is 19.4 Å². The van der Waals surface area contributed by atoms with Crippen molar-refractivity contribution in [2.24, 2.45) is 0 Å². The summed E-state index contributed by atoms with van der Waals surface area (Å²) >= 11 is 5.57. The fraction of sp³-hybridized carbons (Fsp3) is 0.320. The van der Waals surface area contributed by atoms with Crippen LogP contribution in [0.25, 0.3) is 0 Å². The molecule has 0 unspecified atom stereocenters. The molecular formula is C25H29N3O4S. The average molecular weight is 468 g/mol. The predicted octanol–water partition coefficient (Wildman–Crippen LogP) is 4.39. The van der Waals surface area contributed by atoms with Crippen molar-refractivity contribution in [2.75, 3.05) is 30.5 Å². The Morgan fingerprint density at radius 3 is 2.45 bits per heavy atom. The van der Waals surface area contributed by atoms with E-state index in [1.807, 2.05) is 24.3 Å². The predicted molar refractivity (Wildman–Crippen MR) is 134 cm³/mol. The summed E-state index contributed by atoms with van der Waals surface area (Å²) in [5.74, 6) is 0.843. The molecule has 2 aromatic rings. The highest BCUT2D eigenvalue weighted by Gasteiger charge is 2.43. The molecular weight excluding hydrogens is 438 g/mol. The van der Waals surface area contributed by atoms with Crippen molar-refractivity contribution in [3.8, 4) is 11.5 Å². The standard InChI is InChI=1S/C25H29N3O4S/c1-4-6-16-32-21-13-9-19(10-14-21)28-23(29)17-22(24(28)30)27(15-5-2)25(33)26-18-7-11-20(31-3)12-8-18/h5,7-14,22H,2,4,6,15-17H2,1,3H3,(H,26,33)/t22-/m1/s1. The first-order chi connectivity index (χ1) is 16.0. The number of anilines is 2. The fourth-order valence-corrected chi connectivity index (χ4v) is 3.84. The van der Waals surface area contributed by atoms with Gasteiger partial charge in [0.1, 0.15) is 17.5 Å². The highest BCUT2D eigenvalue weighted by atomic mass is 32.1. The van der Waals surface area contributed by atoms with Crippen LogP contribution in [0.2, 0.25) is 0 Å². The summed E-state index contributed by atoms with van der Waals surface area (Å²) in [6.45, 7) is 6.83. The first kappa shape index (κ1) is 24.3. The van der Waals surface area contributed by atoms with E-state index in [0.29, 0.717) is 29.7 Å². The highest BCUT2D eigenvalue weighted by molar-refractivity contribution is 7.80. The molecule has 2 aromatic carbocycles. The van der Waals surface area contributed by atoms with E-state index in [1.165, 1.54) is 4.90 Å². The van der Waals surface area contributed by atoms with Crippen LogP contribution in [0.4, 0.5) is 11.4 Å². The molecule has 33 heavy (non-hydrogen) atoms. The Balaban J connectivity index is 1.72. The molecule has 0 bridgehead atoms. The Labute approximate surface area is 200 Å². The van der Waals surface area contributed by atoms with Crippen molar-refractivity contribution < 1.29 is 19.1 Å². The fourth-order valence-electron chi connectivity index (χ4n) is 3.52. The maximum absolute atomic E-state index is 13.3. The molecule has 0 aromatic heterocycles. The van der Waals surface area contributed by atoms with Gasteiger partial charge in [0.25, 0.3) is 5.91 Å². The molecule has 1 aliphatic rings. The van der Waals surface area contributed by atoms with Crippen LogP contribution >= 0.6 is 12.2 Å². The number of carbonyl (C=O) groups is 2. The van der Waals surface area contributed by atoms with Crippen molar-refractivity contribution >= 4 is 40.5 Å². The van der Waals surface area contributed by atoms with Gasteiger partial charge in [-0.05, 0) is 67.2 Å². The van der Waals surface area contributed by atoms with Gasteiger partial charge in [-0.25, -0.2) is 4.90 Å². The molecule has 1 fully saturated rings. The maximum atomic E-state index is 13.3. The number of amides is 2. The number of unbranched alkanes of at least 4 members (excludes halogenated alkanes) is 1. The first-order valence-corrected chi connectivity index (χ1v) is 11.3. The number of thiocarbonyl (C=S) groups is 1. The van der Waals surface area contributed by atoms with Gasteiger partial charge < -0.3 is 19.7 Å². The lowest BCUT2D eigenvalue weighted by molar-refractivity contribution is -0.122. The van der Waals surface area contributed by atoms with Crippen LogP contribution in [0, 0.1) is 0 Å². The van der Waals surface area contributed by atoms with E-state index < -0.39 is 6.04 Å². The molecule has 3 rings (SSSR count). The largest absolute Gasteiger partial charge is 0.497 e. The molecule has 0 radical (unpaired) electrons. The molecule has 1 aliphatic heterocycles. The molecule has 1 N–H and O–H groups in total. The van der Waals surface area contributed by atoms with E-state index >= 15 is 0 Å². The van der Waals surface area contributed by atoms with E-state index in [4.69, 9.17) is 21.7 Å². The number of carbonyl (C=O) groups excluding carboxylic acids is 2. The minimum atomic E-state index is -0.714. The van der Waals surface area contributed by atoms with Crippen LogP contribution in [0.5, 0.6) is 11.5 Å². The molecule has 8 heteroatoms. The molecule has 0 saturated carbocycles. The molecule has 1 atom stereocenters. The van der Waals surface area contributed by atoms with Gasteiger partial charge in [0, 0.05) is 12.2 Å². The van der Waals surface area contributed by atoms with Crippen LogP contribution in [0.15, 0.2) is 61.2 Å². The summed E-state index contributed by atoms with van der Waals surface area (Å²) < 4.78 is 10.8. The van der Waals surface area contributed by atoms with Gasteiger partial charge in [0.2, 0.25) is 5.91 Å². The molecule has 0 spiro atoms. The molecule has 1 saturated heterocycles. The van der Waals surface area contributed by atoms with Gasteiger partial charge in [0.05, 0.1) is 25.8 Å². The average Bonchev–Trinajstić information content (AvgIpc) is 3.12. The van der Waals surface area contributed by atoms with E-state index in [1.54, 1.807) is 42.4 Å². The summed E-state index contributed by atoms with van der Waals surface area (Å²) in [4.78, 5) is 29.0. The molecule has 2 amide bonds. The van der Waals surface area contributed by atoms with Crippen molar-refractivity contribution in [2.45, 2.75) is 32.2 Å². The maximum Gasteiger partial charge on any atom is 0.257 e. The second-order valence-electron chi connectivity index (χ2n) is 7.58. The first-order valence-electron chi connectivity index (χ1n) is 10.9. The SMILES string of the molecule is C=CCN(C(=S)Nc1ccc(OC)cc1)[C@@H]1CC(=O)N(c2ccc(OCCCC)cc2)C1=O. The zero-order valence-electron chi connectivity index (χ0n) is 19.0. The number of rotatable bonds is 10. The number of imide groups is 1. The number of benzene rings is 2. The van der Waals surface area contributed by atoms with Crippen LogP contribution in [0.3, 0.4) is 0 Å². The summed E-state index contributed by atoms with van der Waals surface area (Å²) in [7, 11) is 1.60. The Bertz CT molecular complexity index is 992. The number of nitrogens with one attached hydrogen (secondary N) is 1.